The van der Waals surface area contributed by atoms with Gasteiger partial charge in [-0.05, 0) is 38.8 Å². The third-order valence-electron chi connectivity index (χ3n) is 5.12. The smallest absolute Gasteiger partial charge is 0.329 e. The molecule has 3 amide bonds. The van der Waals surface area contributed by atoms with Crippen LogP contribution in [0.15, 0.2) is 30.4 Å². The average Bonchev–Trinajstić information content (AvgIpc) is 2.94. The summed E-state index contributed by atoms with van der Waals surface area (Å²) in [6, 6.07) is 1.42. The Bertz CT molecular complexity index is 875. The summed E-state index contributed by atoms with van der Waals surface area (Å²) in [6.45, 7) is 2.62. The molecule has 1 aliphatic carbocycles. The maximum Gasteiger partial charge on any atom is 0.329 e. The molecule has 0 spiro atoms. The lowest BCUT2D eigenvalue weighted by Crippen LogP contribution is -2.46. The van der Waals surface area contributed by atoms with Crippen molar-refractivity contribution in [3.05, 3.63) is 42.0 Å². The number of ether oxygens (including phenoxy) is 1. The van der Waals surface area contributed by atoms with Crippen molar-refractivity contribution in [2.24, 2.45) is 11.8 Å². The molecule has 0 aromatic heterocycles. The summed E-state index contributed by atoms with van der Waals surface area (Å²) in [5.74, 6) is -5.37. The monoisotopic (exact) mass is 406 g/mol. The van der Waals surface area contributed by atoms with Gasteiger partial charge < -0.3 is 10.1 Å². The number of fused-ring (bicyclic) bond motifs is 1. The molecule has 1 fully saturated rings. The molecular weight excluding hydrogens is 386 g/mol. The van der Waals surface area contributed by atoms with Crippen molar-refractivity contribution in [3.63, 3.8) is 0 Å². The number of halogens is 2. The summed E-state index contributed by atoms with van der Waals surface area (Å²) < 4.78 is 31.7. The molecular formula is C20H20F2N2O5. The standard InChI is InChI=1S/C20H20F2N2O5/c1-10(24-18(26)13-5-3-4-6-14(13)19(24)27)20(28)29-11(2)17(25)23-16-8-7-12(21)9-15(16)22/h3-4,7-11,13-14H,5-6H2,1-2H3,(H,23,25)/t10-,11-,13-,14-/m0/s1. The van der Waals surface area contributed by atoms with Crippen LogP contribution in [0.4, 0.5) is 14.5 Å². The summed E-state index contributed by atoms with van der Waals surface area (Å²) in [5.41, 5.74) is -0.270. The maximum absolute atomic E-state index is 13.7. The molecule has 0 saturated carbocycles. The molecule has 1 saturated heterocycles. The summed E-state index contributed by atoms with van der Waals surface area (Å²) in [4.78, 5) is 50.5. The van der Waals surface area contributed by atoms with Gasteiger partial charge in [0.2, 0.25) is 11.8 Å². The van der Waals surface area contributed by atoms with E-state index in [1.807, 2.05) is 12.2 Å². The quantitative estimate of drug-likeness (QED) is 0.460. The minimum atomic E-state index is -1.33. The van der Waals surface area contributed by atoms with E-state index in [9.17, 15) is 28.0 Å². The fourth-order valence-corrected chi connectivity index (χ4v) is 3.46. The third kappa shape index (κ3) is 4.03. The number of carbonyl (C=O) groups is 4. The van der Waals surface area contributed by atoms with Crippen LogP contribution in [-0.2, 0) is 23.9 Å². The van der Waals surface area contributed by atoms with Crippen molar-refractivity contribution in [1.82, 2.24) is 4.90 Å². The number of benzene rings is 1. The summed E-state index contributed by atoms with van der Waals surface area (Å²) in [5, 5.41) is 2.20. The molecule has 4 atom stereocenters. The Morgan fingerprint density at radius 3 is 2.24 bits per heavy atom. The first-order valence-corrected chi connectivity index (χ1v) is 9.19. The van der Waals surface area contributed by atoms with E-state index in [2.05, 4.69) is 5.32 Å². The Balaban J connectivity index is 1.62. The third-order valence-corrected chi connectivity index (χ3v) is 5.12. The molecule has 0 unspecified atom stereocenters. The number of nitrogens with one attached hydrogen (secondary N) is 1. The van der Waals surface area contributed by atoms with Crippen molar-refractivity contribution >= 4 is 29.4 Å². The number of allylic oxidation sites excluding steroid dienone is 2. The summed E-state index contributed by atoms with van der Waals surface area (Å²) in [7, 11) is 0. The number of imide groups is 1. The zero-order valence-electron chi connectivity index (χ0n) is 15.9. The van der Waals surface area contributed by atoms with Gasteiger partial charge in [-0.2, -0.15) is 0 Å². The van der Waals surface area contributed by atoms with Crippen LogP contribution in [0.1, 0.15) is 26.7 Å². The van der Waals surface area contributed by atoms with E-state index in [0.29, 0.717) is 18.9 Å². The number of hydrogen-bond donors (Lipinski definition) is 1. The Kier molecular flexibility index (Phi) is 5.76. The second-order valence-electron chi connectivity index (χ2n) is 7.07. The number of amides is 3. The van der Waals surface area contributed by atoms with Crippen molar-refractivity contribution < 1.29 is 32.7 Å². The van der Waals surface area contributed by atoms with Gasteiger partial charge in [-0.3, -0.25) is 19.3 Å². The summed E-state index contributed by atoms with van der Waals surface area (Å²) in [6.07, 6.45) is 3.22. The van der Waals surface area contributed by atoms with Crippen molar-refractivity contribution in [1.29, 1.82) is 0 Å². The minimum absolute atomic E-state index is 0.270. The summed E-state index contributed by atoms with van der Waals surface area (Å²) >= 11 is 0. The maximum atomic E-state index is 13.7. The van der Waals surface area contributed by atoms with Crippen LogP contribution in [0, 0.1) is 23.5 Å². The van der Waals surface area contributed by atoms with E-state index in [0.717, 1.165) is 17.0 Å². The molecule has 1 heterocycles. The lowest BCUT2D eigenvalue weighted by Gasteiger charge is -2.23. The molecule has 9 heteroatoms. The topological polar surface area (TPSA) is 92.8 Å². The average molecular weight is 406 g/mol. The number of nitrogens with zero attached hydrogens (tertiary/aromatic N) is 1. The first-order valence-electron chi connectivity index (χ1n) is 9.19. The van der Waals surface area contributed by atoms with Gasteiger partial charge in [0.05, 0.1) is 17.5 Å². The highest BCUT2D eigenvalue weighted by molar-refractivity contribution is 6.08. The van der Waals surface area contributed by atoms with Gasteiger partial charge in [0.25, 0.3) is 5.91 Å². The Labute approximate surface area is 165 Å². The van der Waals surface area contributed by atoms with Gasteiger partial charge in [0.15, 0.2) is 6.10 Å². The highest BCUT2D eigenvalue weighted by Crippen LogP contribution is 2.36. The minimum Gasteiger partial charge on any atom is -0.451 e. The number of hydrogen-bond acceptors (Lipinski definition) is 5. The molecule has 2 aliphatic rings. The van der Waals surface area contributed by atoms with Crippen molar-refractivity contribution in [2.75, 3.05) is 5.32 Å². The van der Waals surface area contributed by atoms with E-state index in [-0.39, 0.29) is 5.69 Å². The lowest BCUT2D eigenvalue weighted by molar-refractivity contribution is -0.163. The van der Waals surface area contributed by atoms with E-state index >= 15 is 0 Å². The fraction of sp³-hybridized carbons (Fsp3) is 0.400. The SMILES string of the molecule is C[C@H](OC(=O)[C@H](C)N1C(=O)[C@H]2CC=CC[C@@H]2C1=O)C(=O)Nc1ccc(F)cc1F. The number of anilines is 1. The lowest BCUT2D eigenvalue weighted by atomic mass is 9.85. The van der Waals surface area contributed by atoms with Crippen molar-refractivity contribution in [3.8, 4) is 0 Å². The molecule has 3 rings (SSSR count). The Hall–Kier alpha value is -3.10. The predicted molar refractivity (Wildman–Crippen MR) is 97.2 cm³/mol. The van der Waals surface area contributed by atoms with Crippen LogP contribution in [0.2, 0.25) is 0 Å². The molecule has 1 N–H and O–H groups in total. The van der Waals surface area contributed by atoms with E-state index in [1.54, 1.807) is 0 Å². The number of rotatable bonds is 5. The van der Waals surface area contributed by atoms with Gasteiger partial charge in [-0.1, -0.05) is 12.2 Å². The van der Waals surface area contributed by atoms with Crippen LogP contribution in [-0.4, -0.2) is 40.7 Å². The van der Waals surface area contributed by atoms with E-state index in [1.165, 1.54) is 13.8 Å². The predicted octanol–water partition coefficient (Wildman–Crippen LogP) is 2.17. The van der Waals surface area contributed by atoms with Crippen LogP contribution in [0.3, 0.4) is 0 Å². The van der Waals surface area contributed by atoms with Gasteiger partial charge in [-0.15, -0.1) is 0 Å². The largest absolute Gasteiger partial charge is 0.451 e. The van der Waals surface area contributed by atoms with Crippen LogP contribution in [0.5, 0.6) is 0 Å². The zero-order chi connectivity index (χ0) is 21.3. The first-order chi connectivity index (χ1) is 13.7. The molecule has 1 aromatic rings. The highest BCUT2D eigenvalue weighted by atomic mass is 19.1. The molecule has 0 bridgehead atoms. The second-order valence-corrected chi connectivity index (χ2v) is 7.07. The van der Waals surface area contributed by atoms with Crippen LogP contribution < -0.4 is 5.32 Å². The number of carbonyl (C=O) groups excluding carboxylic acids is 4. The van der Waals surface area contributed by atoms with Gasteiger partial charge in [-0.25, -0.2) is 13.6 Å². The number of esters is 1. The molecule has 154 valence electrons. The van der Waals surface area contributed by atoms with Crippen LogP contribution >= 0.6 is 0 Å². The van der Waals surface area contributed by atoms with Gasteiger partial charge >= 0.3 is 5.97 Å². The van der Waals surface area contributed by atoms with Crippen molar-refractivity contribution in [2.45, 2.75) is 38.8 Å². The molecule has 1 aromatic carbocycles. The number of likely N-dealkylation sites (tertiary alicyclic amines) is 1. The molecule has 29 heavy (non-hydrogen) atoms. The molecule has 1 aliphatic heterocycles. The Morgan fingerprint density at radius 2 is 1.69 bits per heavy atom. The van der Waals surface area contributed by atoms with Gasteiger partial charge in [0, 0.05) is 6.07 Å². The van der Waals surface area contributed by atoms with Gasteiger partial charge in [0.1, 0.15) is 17.7 Å². The normalized spacial score (nSPS) is 22.8. The first kappa shape index (κ1) is 20.6. The van der Waals surface area contributed by atoms with E-state index in [4.69, 9.17) is 4.74 Å². The second kappa shape index (κ2) is 8.10. The zero-order valence-corrected chi connectivity index (χ0v) is 15.9. The van der Waals surface area contributed by atoms with Crippen LogP contribution in [0.25, 0.3) is 0 Å². The fourth-order valence-electron chi connectivity index (χ4n) is 3.46. The highest BCUT2D eigenvalue weighted by Gasteiger charge is 2.50. The molecule has 7 nitrogen and oxygen atoms in total. The Morgan fingerprint density at radius 1 is 1.10 bits per heavy atom. The molecule has 0 radical (unpaired) electrons. The van der Waals surface area contributed by atoms with E-state index < -0.39 is 59.3 Å².